The van der Waals surface area contributed by atoms with Crippen LogP contribution in [0, 0.1) is 0 Å². The van der Waals surface area contributed by atoms with E-state index < -0.39 is 0 Å². The van der Waals surface area contributed by atoms with Gasteiger partial charge >= 0.3 is 0 Å². The van der Waals surface area contributed by atoms with Gasteiger partial charge in [-0.15, -0.1) is 0 Å². The Balaban J connectivity index is 1.68. The predicted octanol–water partition coefficient (Wildman–Crippen LogP) is 3.41. The quantitative estimate of drug-likeness (QED) is 0.771. The average Bonchev–Trinajstić information content (AvgIpc) is 3.24. The Hall–Kier alpha value is -2.63. The third kappa shape index (κ3) is 2.68. The lowest BCUT2D eigenvalue weighted by atomic mass is 10.1. The molecule has 1 saturated carbocycles. The topological polar surface area (TPSA) is 75.6 Å². The summed E-state index contributed by atoms with van der Waals surface area (Å²) in [4.78, 5) is 19.8. The smallest absolute Gasteiger partial charge is 0.263 e. The van der Waals surface area contributed by atoms with Crippen molar-refractivity contribution >= 4 is 17.0 Å². The van der Waals surface area contributed by atoms with Crippen LogP contribution in [0.3, 0.4) is 0 Å². The van der Waals surface area contributed by atoms with E-state index in [-0.39, 0.29) is 11.6 Å². The maximum atomic E-state index is 12.4. The minimum absolute atomic E-state index is 0.0506. The maximum Gasteiger partial charge on any atom is 0.263 e. The number of hydrogen-bond donors (Lipinski definition) is 2. The molecule has 2 heterocycles. The number of aromatic amines is 1. The second kappa shape index (κ2) is 6.11. The number of nitrogens with zero attached hydrogens (tertiary/aromatic N) is 3. The molecule has 0 aliphatic heterocycles. The Kier molecular flexibility index (Phi) is 3.80. The fourth-order valence-corrected chi connectivity index (χ4v) is 3.45. The molecule has 124 valence electrons. The van der Waals surface area contributed by atoms with E-state index in [1.54, 1.807) is 6.20 Å². The van der Waals surface area contributed by atoms with Gasteiger partial charge in [0.2, 0.25) is 5.95 Å². The molecule has 0 amide bonds. The van der Waals surface area contributed by atoms with Gasteiger partial charge < -0.3 is 5.32 Å². The van der Waals surface area contributed by atoms with Crippen molar-refractivity contribution in [1.29, 1.82) is 0 Å². The molecule has 0 saturated heterocycles. The number of nitrogens with one attached hydrogen (secondary N) is 2. The summed E-state index contributed by atoms with van der Waals surface area (Å²) >= 11 is 0. The highest BCUT2D eigenvalue weighted by atomic mass is 16.1. The van der Waals surface area contributed by atoms with Gasteiger partial charge in [0.05, 0.1) is 18.3 Å². The molecule has 2 aromatic heterocycles. The van der Waals surface area contributed by atoms with Gasteiger partial charge in [-0.05, 0) is 25.3 Å². The lowest BCUT2D eigenvalue weighted by molar-refractivity contribution is 0.478. The van der Waals surface area contributed by atoms with E-state index >= 15 is 0 Å². The second-order valence-electron chi connectivity index (χ2n) is 6.46. The van der Waals surface area contributed by atoms with E-state index in [9.17, 15) is 4.79 Å². The summed E-state index contributed by atoms with van der Waals surface area (Å²) in [7, 11) is 0. The first-order chi connectivity index (χ1) is 11.7. The molecule has 1 aromatic carbocycles. The number of anilines is 1. The molecule has 1 aliphatic rings. The van der Waals surface area contributed by atoms with Crippen LogP contribution in [0.2, 0.25) is 0 Å². The first-order valence-corrected chi connectivity index (χ1v) is 8.51. The minimum Gasteiger partial charge on any atom is -0.349 e. The Labute approximate surface area is 139 Å². The van der Waals surface area contributed by atoms with Crippen molar-refractivity contribution in [1.82, 2.24) is 19.7 Å². The standard InChI is InChI=1S/C18H21N5O/c1-12(13-7-3-2-4-8-13)20-18-21-16-15(17(24)22-18)11-19-23(16)14-9-5-6-10-14/h2-4,7-8,11-12,14H,5-6,9-10H2,1H3,(H2,20,21,22,24). The highest BCUT2D eigenvalue weighted by Gasteiger charge is 2.21. The van der Waals surface area contributed by atoms with Gasteiger partial charge in [0.1, 0.15) is 5.39 Å². The summed E-state index contributed by atoms with van der Waals surface area (Å²) in [6.45, 7) is 2.05. The molecule has 6 heteroatoms. The molecule has 0 spiro atoms. The molecule has 24 heavy (non-hydrogen) atoms. The first-order valence-electron chi connectivity index (χ1n) is 8.51. The molecular formula is C18H21N5O. The van der Waals surface area contributed by atoms with Gasteiger partial charge in [0.15, 0.2) is 5.65 Å². The van der Waals surface area contributed by atoms with Crippen molar-refractivity contribution in [3.05, 3.63) is 52.4 Å². The molecule has 3 aromatic rings. The molecule has 6 nitrogen and oxygen atoms in total. The molecule has 1 fully saturated rings. The van der Waals surface area contributed by atoms with Crippen molar-refractivity contribution in [3.8, 4) is 0 Å². The number of benzene rings is 1. The van der Waals surface area contributed by atoms with Crippen LogP contribution >= 0.6 is 0 Å². The molecule has 0 radical (unpaired) electrons. The third-order valence-electron chi connectivity index (χ3n) is 4.79. The van der Waals surface area contributed by atoms with Crippen molar-refractivity contribution in [2.45, 2.75) is 44.7 Å². The summed E-state index contributed by atoms with van der Waals surface area (Å²) in [5.74, 6) is 0.489. The summed E-state index contributed by atoms with van der Waals surface area (Å²) in [6, 6.07) is 10.5. The molecule has 2 N–H and O–H groups in total. The maximum absolute atomic E-state index is 12.4. The Morgan fingerprint density at radius 1 is 1.25 bits per heavy atom. The second-order valence-corrected chi connectivity index (χ2v) is 6.46. The first kappa shape index (κ1) is 14.9. The lowest BCUT2D eigenvalue weighted by Gasteiger charge is -2.15. The van der Waals surface area contributed by atoms with Gasteiger partial charge in [-0.25, -0.2) is 4.68 Å². The number of fused-ring (bicyclic) bond motifs is 1. The molecule has 0 bridgehead atoms. The van der Waals surface area contributed by atoms with E-state index in [2.05, 4.69) is 32.5 Å². The number of hydrogen-bond acceptors (Lipinski definition) is 4. The summed E-state index contributed by atoms with van der Waals surface area (Å²) < 4.78 is 1.93. The molecular weight excluding hydrogens is 302 g/mol. The third-order valence-corrected chi connectivity index (χ3v) is 4.79. The summed E-state index contributed by atoms with van der Waals surface area (Å²) in [6.07, 6.45) is 6.27. The van der Waals surface area contributed by atoms with Crippen molar-refractivity contribution in [2.75, 3.05) is 5.32 Å². The SMILES string of the molecule is CC(Nc1nc2c(cnn2C2CCCC2)c(=O)[nH]1)c1ccccc1. The van der Waals surface area contributed by atoms with Crippen LogP contribution in [0.25, 0.3) is 11.0 Å². The molecule has 1 atom stereocenters. The van der Waals surface area contributed by atoms with Crippen LogP contribution < -0.4 is 10.9 Å². The monoisotopic (exact) mass is 323 g/mol. The summed E-state index contributed by atoms with van der Waals surface area (Å²) in [5, 5.41) is 8.27. The Morgan fingerprint density at radius 2 is 2.00 bits per heavy atom. The van der Waals surface area contributed by atoms with E-state index in [1.165, 1.54) is 12.8 Å². The predicted molar refractivity (Wildman–Crippen MR) is 94.1 cm³/mol. The van der Waals surface area contributed by atoms with Gasteiger partial charge in [0.25, 0.3) is 5.56 Å². The van der Waals surface area contributed by atoms with Crippen LogP contribution in [-0.4, -0.2) is 19.7 Å². The van der Waals surface area contributed by atoms with E-state index in [0.717, 1.165) is 18.4 Å². The zero-order valence-corrected chi connectivity index (χ0v) is 13.7. The fourth-order valence-electron chi connectivity index (χ4n) is 3.45. The highest BCUT2D eigenvalue weighted by molar-refractivity contribution is 5.74. The van der Waals surface area contributed by atoms with Crippen LogP contribution in [-0.2, 0) is 0 Å². The minimum atomic E-state index is -0.146. The molecule has 1 aliphatic carbocycles. The van der Waals surface area contributed by atoms with Crippen LogP contribution in [0.4, 0.5) is 5.95 Å². The Morgan fingerprint density at radius 3 is 2.75 bits per heavy atom. The molecule has 4 rings (SSSR count). The number of aromatic nitrogens is 4. The van der Waals surface area contributed by atoms with Gasteiger partial charge in [-0.3, -0.25) is 9.78 Å². The van der Waals surface area contributed by atoms with Crippen molar-refractivity contribution in [2.24, 2.45) is 0 Å². The van der Waals surface area contributed by atoms with Crippen molar-refractivity contribution < 1.29 is 0 Å². The van der Waals surface area contributed by atoms with E-state index in [4.69, 9.17) is 0 Å². The van der Waals surface area contributed by atoms with E-state index in [0.29, 0.717) is 23.0 Å². The van der Waals surface area contributed by atoms with Gasteiger partial charge in [0, 0.05) is 0 Å². The van der Waals surface area contributed by atoms with Crippen LogP contribution in [0.5, 0.6) is 0 Å². The average molecular weight is 323 g/mol. The lowest BCUT2D eigenvalue weighted by Crippen LogP contribution is -2.16. The van der Waals surface area contributed by atoms with Crippen LogP contribution in [0.15, 0.2) is 41.3 Å². The number of rotatable bonds is 4. The summed E-state index contributed by atoms with van der Waals surface area (Å²) in [5.41, 5.74) is 1.67. The van der Waals surface area contributed by atoms with Crippen molar-refractivity contribution in [3.63, 3.8) is 0 Å². The van der Waals surface area contributed by atoms with Gasteiger partial charge in [-0.2, -0.15) is 10.1 Å². The fraction of sp³-hybridized carbons (Fsp3) is 0.389. The highest BCUT2D eigenvalue weighted by Crippen LogP contribution is 2.30. The Bertz CT molecular complexity index is 893. The normalized spacial score (nSPS) is 16.5. The zero-order chi connectivity index (χ0) is 16.5. The van der Waals surface area contributed by atoms with E-state index in [1.807, 2.05) is 29.8 Å². The zero-order valence-electron chi connectivity index (χ0n) is 13.7. The molecule has 1 unspecified atom stereocenters. The van der Waals surface area contributed by atoms with Crippen LogP contribution in [0.1, 0.15) is 50.3 Å². The van der Waals surface area contributed by atoms with Gasteiger partial charge in [-0.1, -0.05) is 43.2 Å². The number of H-pyrrole nitrogens is 1. The largest absolute Gasteiger partial charge is 0.349 e.